The molecule has 5 rings (SSSR count). The van der Waals surface area contributed by atoms with Crippen molar-refractivity contribution in [2.24, 2.45) is 0 Å². The summed E-state index contributed by atoms with van der Waals surface area (Å²) < 4.78 is 21.6. The molecule has 2 saturated heterocycles. The third-order valence-electron chi connectivity index (χ3n) is 6.50. The summed E-state index contributed by atoms with van der Waals surface area (Å²) in [5, 5.41) is 4.26. The van der Waals surface area contributed by atoms with Crippen LogP contribution in [0.5, 0.6) is 0 Å². The van der Waals surface area contributed by atoms with Crippen LogP contribution in [-0.4, -0.2) is 38.8 Å². The van der Waals surface area contributed by atoms with Crippen molar-refractivity contribution in [3.05, 3.63) is 83.2 Å². The summed E-state index contributed by atoms with van der Waals surface area (Å²) in [4.78, 5) is 6.90. The summed E-state index contributed by atoms with van der Waals surface area (Å²) in [6, 6.07) is 14.8. The molecule has 3 atom stereocenters. The van der Waals surface area contributed by atoms with E-state index < -0.39 is 0 Å². The molecule has 7 heteroatoms. The number of nitrogens with zero attached hydrogens (tertiary/aromatic N) is 3. The van der Waals surface area contributed by atoms with Crippen LogP contribution in [0.15, 0.2) is 54.7 Å². The van der Waals surface area contributed by atoms with E-state index in [1.807, 2.05) is 36.5 Å². The number of hydrogen-bond donors (Lipinski definition) is 1. The second-order valence-electron chi connectivity index (χ2n) is 8.55. The molecule has 166 valence electrons. The molecular weight excluding hydrogens is 423 g/mol. The van der Waals surface area contributed by atoms with Crippen molar-refractivity contribution < 1.29 is 9.13 Å². The topological polar surface area (TPSA) is 42.3 Å². The molecule has 3 aromatic rings. The predicted octanol–water partition coefficient (Wildman–Crippen LogP) is 4.78. The van der Waals surface area contributed by atoms with Gasteiger partial charge in [0.25, 0.3) is 0 Å². The van der Waals surface area contributed by atoms with Crippen LogP contribution in [0, 0.1) is 19.7 Å². The number of aryl methyl sites for hydroxylation is 1. The maximum Gasteiger partial charge on any atom is 0.170 e. The second-order valence-corrected chi connectivity index (χ2v) is 8.94. The molecule has 0 radical (unpaired) electrons. The molecule has 0 spiro atoms. The zero-order valence-corrected chi connectivity index (χ0v) is 19.1. The van der Waals surface area contributed by atoms with Crippen LogP contribution in [0.4, 0.5) is 4.39 Å². The lowest BCUT2D eigenvalue weighted by atomic mass is 9.96. The summed E-state index contributed by atoms with van der Waals surface area (Å²) in [6.07, 6.45) is 4.14. The van der Waals surface area contributed by atoms with Gasteiger partial charge >= 0.3 is 0 Å². The molecule has 5 nitrogen and oxygen atoms in total. The average Bonchev–Trinajstić information content (AvgIpc) is 3.49. The first kappa shape index (κ1) is 21.1. The fourth-order valence-corrected chi connectivity index (χ4v) is 5.34. The van der Waals surface area contributed by atoms with Gasteiger partial charge in [-0.15, -0.1) is 0 Å². The Kier molecular flexibility index (Phi) is 5.69. The van der Waals surface area contributed by atoms with Gasteiger partial charge in [0.15, 0.2) is 5.11 Å². The van der Waals surface area contributed by atoms with Crippen molar-refractivity contribution in [1.82, 2.24) is 19.8 Å². The monoisotopic (exact) mass is 450 g/mol. The normalized spacial score (nSPS) is 23.0. The second kappa shape index (κ2) is 8.64. The molecule has 2 aliphatic rings. The fraction of sp³-hybridized carbons (Fsp3) is 0.360. The first-order valence-electron chi connectivity index (χ1n) is 11.1. The summed E-state index contributed by atoms with van der Waals surface area (Å²) in [6.45, 7) is 5.76. The number of ether oxygens (including phenoxy) is 1. The lowest BCUT2D eigenvalue weighted by molar-refractivity contribution is 0.0842. The van der Waals surface area contributed by atoms with E-state index in [-0.39, 0.29) is 24.0 Å². The van der Waals surface area contributed by atoms with E-state index in [9.17, 15) is 4.39 Å². The summed E-state index contributed by atoms with van der Waals surface area (Å²) in [5.74, 6) is -0.236. The van der Waals surface area contributed by atoms with E-state index in [4.69, 9.17) is 17.0 Å². The van der Waals surface area contributed by atoms with Gasteiger partial charge in [-0.05, 0) is 86.9 Å². The van der Waals surface area contributed by atoms with Crippen LogP contribution >= 0.6 is 12.2 Å². The van der Waals surface area contributed by atoms with Crippen molar-refractivity contribution in [2.45, 2.75) is 44.9 Å². The van der Waals surface area contributed by atoms with Gasteiger partial charge in [0.2, 0.25) is 0 Å². The van der Waals surface area contributed by atoms with E-state index in [0.29, 0.717) is 0 Å². The highest BCUT2D eigenvalue weighted by molar-refractivity contribution is 7.80. The Morgan fingerprint density at radius 2 is 2.00 bits per heavy atom. The Morgan fingerprint density at radius 1 is 1.19 bits per heavy atom. The first-order valence-corrected chi connectivity index (χ1v) is 11.5. The maximum absolute atomic E-state index is 13.5. The Labute approximate surface area is 193 Å². The third kappa shape index (κ3) is 3.80. The van der Waals surface area contributed by atoms with Crippen LogP contribution < -0.4 is 5.32 Å². The summed E-state index contributed by atoms with van der Waals surface area (Å²) >= 11 is 5.80. The number of thiocarbonyl (C=S) groups is 1. The SMILES string of the molecule is Cc1cc([C@@H]2[C@H](c3ccccn3)NC(=S)N2C[C@@H]2CCCO2)c(C)n1-c1ccc(F)cc1. The number of halogens is 1. The van der Waals surface area contributed by atoms with Gasteiger partial charge in [0.1, 0.15) is 5.82 Å². The summed E-state index contributed by atoms with van der Waals surface area (Å²) in [5.41, 5.74) is 5.30. The quantitative estimate of drug-likeness (QED) is 0.567. The van der Waals surface area contributed by atoms with Gasteiger partial charge < -0.3 is 19.5 Å². The number of aromatic nitrogens is 2. The number of benzene rings is 1. The molecule has 2 fully saturated rings. The molecule has 32 heavy (non-hydrogen) atoms. The molecule has 0 bridgehead atoms. The average molecular weight is 451 g/mol. The van der Waals surface area contributed by atoms with Crippen LogP contribution in [0.25, 0.3) is 5.69 Å². The van der Waals surface area contributed by atoms with Crippen LogP contribution in [0.2, 0.25) is 0 Å². The number of rotatable bonds is 5. The third-order valence-corrected chi connectivity index (χ3v) is 6.85. The van der Waals surface area contributed by atoms with E-state index in [0.717, 1.165) is 53.9 Å². The highest BCUT2D eigenvalue weighted by Crippen LogP contribution is 2.41. The van der Waals surface area contributed by atoms with E-state index in [1.165, 1.54) is 17.7 Å². The molecular formula is C25H27FN4OS. The highest BCUT2D eigenvalue weighted by Gasteiger charge is 2.42. The van der Waals surface area contributed by atoms with Crippen LogP contribution in [-0.2, 0) is 4.74 Å². The van der Waals surface area contributed by atoms with Crippen molar-refractivity contribution in [3.8, 4) is 5.69 Å². The number of hydrogen-bond acceptors (Lipinski definition) is 3. The minimum Gasteiger partial charge on any atom is -0.376 e. The molecule has 0 saturated carbocycles. The van der Waals surface area contributed by atoms with Gasteiger partial charge in [0.05, 0.1) is 23.9 Å². The minimum absolute atomic E-state index is 0.0120. The molecule has 1 N–H and O–H groups in total. The molecule has 4 heterocycles. The smallest absolute Gasteiger partial charge is 0.170 e. The maximum atomic E-state index is 13.5. The Balaban J connectivity index is 1.58. The van der Waals surface area contributed by atoms with E-state index >= 15 is 0 Å². The van der Waals surface area contributed by atoms with E-state index in [1.54, 1.807) is 0 Å². The van der Waals surface area contributed by atoms with Crippen molar-refractivity contribution in [1.29, 1.82) is 0 Å². The zero-order valence-electron chi connectivity index (χ0n) is 18.3. The van der Waals surface area contributed by atoms with Gasteiger partial charge in [-0.2, -0.15) is 0 Å². The van der Waals surface area contributed by atoms with Gasteiger partial charge in [-0.1, -0.05) is 6.07 Å². The Hall–Kier alpha value is -2.77. The Bertz CT molecular complexity index is 1110. The molecule has 0 unspecified atom stereocenters. The minimum atomic E-state index is -0.236. The molecule has 2 aliphatic heterocycles. The van der Waals surface area contributed by atoms with Crippen molar-refractivity contribution >= 4 is 17.3 Å². The molecule has 1 aromatic carbocycles. The molecule has 0 amide bonds. The predicted molar refractivity (Wildman–Crippen MR) is 126 cm³/mol. The van der Waals surface area contributed by atoms with Gasteiger partial charge in [-0.25, -0.2) is 4.39 Å². The standard InChI is InChI=1S/C25H27FN4OS/c1-16-14-21(17(2)30(16)19-10-8-18(26)9-11-19)24-23(22-7-3-4-12-27-22)28-25(32)29(24)15-20-6-5-13-31-20/h3-4,7-12,14,20,23-24H,5-6,13,15H2,1-2H3,(H,28,32)/t20-,23-,24+/m0/s1. The fourth-order valence-electron chi connectivity index (χ4n) is 5.02. The molecule has 0 aliphatic carbocycles. The Morgan fingerprint density at radius 3 is 2.69 bits per heavy atom. The largest absolute Gasteiger partial charge is 0.376 e. The van der Waals surface area contributed by atoms with Crippen LogP contribution in [0.3, 0.4) is 0 Å². The summed E-state index contributed by atoms with van der Waals surface area (Å²) in [7, 11) is 0. The van der Waals surface area contributed by atoms with Crippen molar-refractivity contribution in [3.63, 3.8) is 0 Å². The lowest BCUT2D eigenvalue weighted by Crippen LogP contribution is -2.36. The first-order chi connectivity index (χ1) is 15.5. The zero-order chi connectivity index (χ0) is 22.2. The van der Waals surface area contributed by atoms with Crippen molar-refractivity contribution in [2.75, 3.05) is 13.2 Å². The highest BCUT2D eigenvalue weighted by atomic mass is 32.1. The van der Waals surface area contributed by atoms with E-state index in [2.05, 4.69) is 39.7 Å². The van der Waals surface area contributed by atoms with Gasteiger partial charge in [0, 0.05) is 36.4 Å². The number of nitrogens with one attached hydrogen (secondary N) is 1. The molecule has 2 aromatic heterocycles. The number of pyridine rings is 1. The van der Waals surface area contributed by atoms with Gasteiger partial charge in [-0.3, -0.25) is 4.98 Å². The van der Waals surface area contributed by atoms with Crippen LogP contribution in [0.1, 0.15) is 47.6 Å². The lowest BCUT2D eigenvalue weighted by Gasteiger charge is -2.30.